The minimum atomic E-state index is -0.946. The number of hydrazone groups is 1. The molecule has 3 aromatic rings. The van der Waals surface area contributed by atoms with E-state index in [1.54, 1.807) is 6.07 Å². The van der Waals surface area contributed by atoms with Gasteiger partial charge in [0.15, 0.2) is 11.5 Å². The number of rotatable bonds is 4. The van der Waals surface area contributed by atoms with Gasteiger partial charge in [-0.1, -0.05) is 35.9 Å². The van der Waals surface area contributed by atoms with E-state index in [9.17, 15) is 20.0 Å². The molecule has 30 heavy (non-hydrogen) atoms. The summed E-state index contributed by atoms with van der Waals surface area (Å²) in [5.74, 6) is -0.217. The van der Waals surface area contributed by atoms with E-state index in [4.69, 9.17) is 21.1 Å². The van der Waals surface area contributed by atoms with Gasteiger partial charge in [0, 0.05) is 16.7 Å². The van der Waals surface area contributed by atoms with Crippen molar-refractivity contribution in [3.8, 4) is 17.2 Å². The van der Waals surface area contributed by atoms with Crippen molar-refractivity contribution >= 4 is 40.2 Å². The maximum Gasteiger partial charge on any atom is 0.312 e. The predicted molar refractivity (Wildman–Crippen MR) is 109 cm³/mol. The van der Waals surface area contributed by atoms with E-state index in [0.29, 0.717) is 11.5 Å². The van der Waals surface area contributed by atoms with E-state index in [1.807, 2.05) is 30.3 Å². The van der Waals surface area contributed by atoms with Gasteiger partial charge in [-0.2, -0.15) is 5.10 Å². The first-order chi connectivity index (χ1) is 14.4. The first-order valence-corrected chi connectivity index (χ1v) is 9.12. The number of phenols is 1. The number of nitro groups is 1. The van der Waals surface area contributed by atoms with Gasteiger partial charge >= 0.3 is 5.69 Å². The van der Waals surface area contributed by atoms with Crippen LogP contribution < -0.4 is 14.9 Å². The third-order valence-corrected chi connectivity index (χ3v) is 4.64. The van der Waals surface area contributed by atoms with Crippen LogP contribution in [-0.2, 0) is 4.79 Å². The lowest BCUT2D eigenvalue weighted by Crippen LogP contribution is -2.42. The van der Waals surface area contributed by atoms with Crippen LogP contribution in [0.2, 0.25) is 5.02 Å². The Morgan fingerprint density at radius 1 is 1.23 bits per heavy atom. The van der Waals surface area contributed by atoms with Crippen LogP contribution in [0, 0.1) is 10.1 Å². The molecular formula is C20H14ClN3O6. The molecule has 0 saturated heterocycles. The number of nitro benzene ring substituents is 1. The van der Waals surface area contributed by atoms with Crippen LogP contribution in [0.4, 0.5) is 5.69 Å². The van der Waals surface area contributed by atoms with Crippen LogP contribution >= 0.6 is 11.6 Å². The zero-order valence-electron chi connectivity index (χ0n) is 15.2. The molecule has 0 spiro atoms. The number of carbonyl (C=O) groups is 1. The topological polar surface area (TPSA) is 123 Å². The van der Waals surface area contributed by atoms with Crippen LogP contribution in [-0.4, -0.2) is 34.9 Å². The second-order valence-corrected chi connectivity index (χ2v) is 6.85. The molecule has 1 atom stereocenters. The lowest BCUT2D eigenvalue weighted by molar-refractivity contribution is -0.385. The summed E-state index contributed by atoms with van der Waals surface area (Å²) in [6.45, 7) is -0.0133. The number of carbonyl (C=O) groups excluding carboxylic acids is 1. The lowest BCUT2D eigenvalue weighted by atomic mass is 10.1. The average molecular weight is 428 g/mol. The summed E-state index contributed by atoms with van der Waals surface area (Å²) >= 11 is 5.82. The molecule has 152 valence electrons. The number of halogens is 1. The molecule has 3 aromatic carbocycles. The fourth-order valence-corrected chi connectivity index (χ4v) is 3.19. The minimum Gasteiger partial charge on any atom is -0.502 e. The number of nitrogens with zero attached hydrogens (tertiary/aromatic N) is 2. The molecule has 10 heteroatoms. The van der Waals surface area contributed by atoms with E-state index in [1.165, 1.54) is 6.07 Å². The smallest absolute Gasteiger partial charge is 0.312 e. The van der Waals surface area contributed by atoms with Gasteiger partial charge in [0.1, 0.15) is 6.61 Å². The molecule has 1 heterocycles. The fraction of sp³-hybridized carbons (Fsp3) is 0.100. The number of hydrogen-bond acceptors (Lipinski definition) is 7. The van der Waals surface area contributed by atoms with Gasteiger partial charge in [0.25, 0.3) is 5.91 Å². The van der Waals surface area contributed by atoms with Crippen LogP contribution in [0.3, 0.4) is 0 Å². The summed E-state index contributed by atoms with van der Waals surface area (Å²) in [6, 6.07) is 13.6. The van der Waals surface area contributed by atoms with Gasteiger partial charge < -0.3 is 14.6 Å². The molecule has 0 saturated carbocycles. The zero-order valence-corrected chi connectivity index (χ0v) is 16.0. The fourth-order valence-electron chi connectivity index (χ4n) is 2.97. The molecule has 4 rings (SSSR count). The Balaban J connectivity index is 1.47. The van der Waals surface area contributed by atoms with E-state index in [0.717, 1.165) is 23.1 Å². The van der Waals surface area contributed by atoms with Crippen molar-refractivity contribution in [2.75, 3.05) is 6.61 Å². The Bertz CT molecular complexity index is 1200. The highest BCUT2D eigenvalue weighted by atomic mass is 35.5. The summed E-state index contributed by atoms with van der Waals surface area (Å²) in [6.07, 6.45) is 0.107. The molecule has 0 unspecified atom stereocenters. The molecule has 1 aliphatic rings. The monoisotopic (exact) mass is 427 g/mol. The highest BCUT2D eigenvalue weighted by Crippen LogP contribution is 2.36. The van der Waals surface area contributed by atoms with Crippen LogP contribution in [0.1, 0.15) is 5.56 Å². The molecular weight excluding hydrogens is 414 g/mol. The molecule has 2 N–H and O–H groups in total. The van der Waals surface area contributed by atoms with Crippen LogP contribution in [0.25, 0.3) is 10.8 Å². The average Bonchev–Trinajstić information content (AvgIpc) is 2.73. The molecule has 0 radical (unpaired) electrons. The SMILES string of the molecule is O=C(NN=Cc1cc(Cl)cc([N+](=O)[O-])c1O)[C@@H]1COc2cc3ccccc3cc2O1. The number of phenolic OH excluding ortho intramolecular Hbond substituents is 1. The summed E-state index contributed by atoms with van der Waals surface area (Å²) in [7, 11) is 0. The number of benzene rings is 3. The second-order valence-electron chi connectivity index (χ2n) is 6.42. The highest BCUT2D eigenvalue weighted by Gasteiger charge is 2.28. The van der Waals surface area contributed by atoms with E-state index < -0.39 is 28.4 Å². The summed E-state index contributed by atoms with van der Waals surface area (Å²) < 4.78 is 11.4. The summed E-state index contributed by atoms with van der Waals surface area (Å²) in [4.78, 5) is 22.5. The Morgan fingerprint density at radius 3 is 2.63 bits per heavy atom. The highest BCUT2D eigenvalue weighted by molar-refractivity contribution is 6.31. The summed E-state index contributed by atoms with van der Waals surface area (Å²) in [5.41, 5.74) is 1.68. The van der Waals surface area contributed by atoms with Crippen molar-refractivity contribution in [3.05, 3.63) is 69.2 Å². The molecule has 0 fully saturated rings. The van der Waals surface area contributed by atoms with Crippen LogP contribution in [0.15, 0.2) is 53.6 Å². The lowest BCUT2D eigenvalue weighted by Gasteiger charge is -2.25. The van der Waals surface area contributed by atoms with Gasteiger partial charge in [0.05, 0.1) is 11.1 Å². The van der Waals surface area contributed by atoms with E-state index >= 15 is 0 Å². The number of hydrogen-bond donors (Lipinski definition) is 2. The Labute approximate surface area is 174 Å². The molecule has 0 aromatic heterocycles. The van der Waals surface area contributed by atoms with Crippen molar-refractivity contribution in [2.45, 2.75) is 6.10 Å². The number of aromatic hydroxyl groups is 1. The largest absolute Gasteiger partial charge is 0.502 e. The first-order valence-electron chi connectivity index (χ1n) is 8.74. The van der Waals surface area contributed by atoms with Crippen molar-refractivity contribution in [1.82, 2.24) is 5.43 Å². The maximum atomic E-state index is 12.4. The molecule has 1 aliphatic heterocycles. The number of ether oxygens (including phenoxy) is 2. The third-order valence-electron chi connectivity index (χ3n) is 4.42. The Hall–Kier alpha value is -3.85. The minimum absolute atomic E-state index is 0.0133. The van der Waals surface area contributed by atoms with Gasteiger partial charge in [-0.25, -0.2) is 5.43 Å². The summed E-state index contributed by atoms with van der Waals surface area (Å²) in [5, 5.41) is 26.6. The standard InChI is InChI=1S/C20H14ClN3O6/c21-14-5-13(19(25)15(8-14)24(27)28)9-22-23-20(26)18-10-29-16-6-11-3-1-2-4-12(11)7-17(16)30-18/h1-9,18,25H,10H2,(H,23,26)/t18-/m0/s1. The van der Waals surface area contributed by atoms with Crippen molar-refractivity contribution < 1.29 is 24.3 Å². The van der Waals surface area contributed by atoms with Gasteiger partial charge in [-0.05, 0) is 29.0 Å². The van der Waals surface area contributed by atoms with Crippen molar-refractivity contribution in [3.63, 3.8) is 0 Å². The number of fused-ring (bicyclic) bond motifs is 2. The molecule has 1 amide bonds. The van der Waals surface area contributed by atoms with Gasteiger partial charge in [0.2, 0.25) is 11.9 Å². The normalized spacial score (nSPS) is 15.3. The first kappa shape index (κ1) is 19.5. The third kappa shape index (κ3) is 3.83. The van der Waals surface area contributed by atoms with E-state index in [-0.39, 0.29) is 17.2 Å². The second kappa shape index (κ2) is 7.88. The van der Waals surface area contributed by atoms with Crippen LogP contribution in [0.5, 0.6) is 17.2 Å². The van der Waals surface area contributed by atoms with Crippen molar-refractivity contribution in [1.29, 1.82) is 0 Å². The zero-order chi connectivity index (χ0) is 21.3. The number of amides is 1. The predicted octanol–water partition coefficient (Wildman–Crippen LogP) is 3.40. The Kier molecular flexibility index (Phi) is 5.11. The van der Waals surface area contributed by atoms with Crippen molar-refractivity contribution in [2.24, 2.45) is 5.10 Å². The molecule has 9 nitrogen and oxygen atoms in total. The van der Waals surface area contributed by atoms with E-state index in [2.05, 4.69) is 10.5 Å². The van der Waals surface area contributed by atoms with Gasteiger partial charge in [-0.3, -0.25) is 14.9 Å². The quantitative estimate of drug-likeness (QED) is 0.373. The Morgan fingerprint density at radius 2 is 1.93 bits per heavy atom. The maximum absolute atomic E-state index is 12.4. The molecule has 0 aliphatic carbocycles. The molecule has 0 bridgehead atoms. The number of nitrogens with one attached hydrogen (secondary N) is 1. The van der Waals surface area contributed by atoms with Gasteiger partial charge in [-0.15, -0.1) is 0 Å².